The largest absolute Gasteiger partial charge is 0.468 e. The summed E-state index contributed by atoms with van der Waals surface area (Å²) in [5, 5.41) is 4.42. The third kappa shape index (κ3) is 3.67. The molecule has 132 valence electrons. The lowest BCUT2D eigenvalue weighted by Crippen LogP contribution is -2.30. The highest BCUT2D eigenvalue weighted by Crippen LogP contribution is 2.23. The van der Waals surface area contributed by atoms with Crippen LogP contribution in [0.15, 0.2) is 50.2 Å². The Morgan fingerprint density at radius 2 is 2.00 bits per heavy atom. The Hall–Kier alpha value is -2.37. The zero-order valence-electron chi connectivity index (χ0n) is 15.1. The molecule has 0 radical (unpaired) electrons. The Kier molecular flexibility index (Phi) is 5.06. The summed E-state index contributed by atoms with van der Waals surface area (Å²) in [6.07, 6.45) is 1.69. The van der Waals surface area contributed by atoms with Crippen LogP contribution in [0.3, 0.4) is 0 Å². The van der Waals surface area contributed by atoms with Crippen molar-refractivity contribution in [2.24, 2.45) is 0 Å². The van der Waals surface area contributed by atoms with Crippen molar-refractivity contribution in [1.29, 1.82) is 0 Å². The number of nitrogens with zero attached hydrogens (tertiary/aromatic N) is 1. The van der Waals surface area contributed by atoms with Crippen molar-refractivity contribution >= 4 is 11.0 Å². The quantitative estimate of drug-likeness (QED) is 0.697. The van der Waals surface area contributed by atoms with Crippen molar-refractivity contribution < 1.29 is 8.83 Å². The van der Waals surface area contributed by atoms with E-state index in [1.165, 1.54) is 0 Å². The molecule has 5 heteroatoms. The number of likely N-dealkylation sites (N-methyl/N-ethyl adjacent to an activating group) is 1. The first-order chi connectivity index (χ1) is 12.0. The molecule has 0 spiro atoms. The highest BCUT2D eigenvalue weighted by atomic mass is 16.4. The fourth-order valence-corrected chi connectivity index (χ4v) is 3.03. The van der Waals surface area contributed by atoms with Crippen LogP contribution in [0, 0.1) is 13.8 Å². The minimum absolute atomic E-state index is 0.130. The van der Waals surface area contributed by atoms with Gasteiger partial charge in [0.1, 0.15) is 11.3 Å². The van der Waals surface area contributed by atoms with Gasteiger partial charge >= 0.3 is 5.63 Å². The molecule has 0 saturated carbocycles. The Morgan fingerprint density at radius 3 is 2.68 bits per heavy atom. The molecule has 3 rings (SSSR count). The number of furan rings is 1. The molecule has 25 heavy (non-hydrogen) atoms. The van der Waals surface area contributed by atoms with Crippen LogP contribution >= 0.6 is 0 Å². The molecular formula is C20H24N2O3. The van der Waals surface area contributed by atoms with Gasteiger partial charge in [-0.1, -0.05) is 12.1 Å². The van der Waals surface area contributed by atoms with Gasteiger partial charge in [0.05, 0.1) is 12.3 Å². The summed E-state index contributed by atoms with van der Waals surface area (Å²) in [6.45, 7) is 5.31. The van der Waals surface area contributed by atoms with E-state index in [4.69, 9.17) is 8.83 Å². The summed E-state index contributed by atoms with van der Waals surface area (Å²) in [7, 11) is 4.04. The minimum atomic E-state index is -0.312. The van der Waals surface area contributed by atoms with E-state index in [1.54, 1.807) is 12.3 Å². The average molecular weight is 340 g/mol. The van der Waals surface area contributed by atoms with Crippen molar-refractivity contribution in [3.63, 3.8) is 0 Å². The van der Waals surface area contributed by atoms with E-state index < -0.39 is 0 Å². The number of rotatable bonds is 6. The van der Waals surface area contributed by atoms with Gasteiger partial charge in [0.2, 0.25) is 0 Å². The molecule has 1 N–H and O–H groups in total. The van der Waals surface area contributed by atoms with E-state index in [1.807, 2.05) is 46.1 Å². The second-order valence-corrected chi connectivity index (χ2v) is 6.60. The van der Waals surface area contributed by atoms with E-state index in [2.05, 4.69) is 16.3 Å². The first kappa shape index (κ1) is 17.5. The molecular weight excluding hydrogens is 316 g/mol. The third-order valence-electron chi connectivity index (χ3n) is 4.67. The summed E-state index contributed by atoms with van der Waals surface area (Å²) in [5.74, 6) is 0.918. The van der Waals surface area contributed by atoms with Crippen LogP contribution in [0.25, 0.3) is 11.0 Å². The zero-order valence-corrected chi connectivity index (χ0v) is 15.1. The molecule has 2 aromatic heterocycles. The van der Waals surface area contributed by atoms with Crippen LogP contribution in [-0.4, -0.2) is 25.5 Å². The molecule has 1 aromatic carbocycles. The summed E-state index contributed by atoms with van der Waals surface area (Å²) in [4.78, 5) is 14.1. The predicted octanol–water partition coefficient (Wildman–Crippen LogP) is 3.40. The van der Waals surface area contributed by atoms with Gasteiger partial charge < -0.3 is 14.2 Å². The topological polar surface area (TPSA) is 58.6 Å². The maximum Gasteiger partial charge on any atom is 0.336 e. The lowest BCUT2D eigenvalue weighted by Gasteiger charge is -2.22. The van der Waals surface area contributed by atoms with Gasteiger partial charge in [-0.3, -0.25) is 4.90 Å². The van der Waals surface area contributed by atoms with Crippen LogP contribution in [0.5, 0.6) is 0 Å². The van der Waals surface area contributed by atoms with Gasteiger partial charge in [-0.2, -0.15) is 0 Å². The lowest BCUT2D eigenvalue weighted by atomic mass is 10.0. The highest BCUT2D eigenvalue weighted by molar-refractivity contribution is 5.83. The van der Waals surface area contributed by atoms with Gasteiger partial charge in [0, 0.05) is 24.5 Å². The minimum Gasteiger partial charge on any atom is -0.468 e. The van der Waals surface area contributed by atoms with Gasteiger partial charge in [-0.25, -0.2) is 4.79 Å². The predicted molar refractivity (Wildman–Crippen MR) is 98.8 cm³/mol. The van der Waals surface area contributed by atoms with Crippen molar-refractivity contribution in [2.75, 3.05) is 20.6 Å². The van der Waals surface area contributed by atoms with Crippen molar-refractivity contribution in [2.45, 2.75) is 26.4 Å². The van der Waals surface area contributed by atoms with E-state index in [0.717, 1.165) is 27.8 Å². The normalized spacial score (nSPS) is 12.8. The smallest absolute Gasteiger partial charge is 0.336 e. The second kappa shape index (κ2) is 7.25. The molecule has 0 saturated heterocycles. The number of nitrogens with one attached hydrogen (secondary N) is 1. The average Bonchev–Trinajstić information content (AvgIpc) is 3.09. The molecule has 2 heterocycles. The highest BCUT2D eigenvalue weighted by Gasteiger charge is 2.17. The molecule has 0 aliphatic heterocycles. The van der Waals surface area contributed by atoms with Crippen molar-refractivity contribution in [1.82, 2.24) is 10.2 Å². The van der Waals surface area contributed by atoms with Crippen LogP contribution in [0.4, 0.5) is 0 Å². The molecule has 0 aliphatic rings. The van der Waals surface area contributed by atoms with Crippen LogP contribution in [0.2, 0.25) is 0 Å². The fraction of sp³-hybridized carbons (Fsp3) is 0.350. The number of aryl methyl sites for hydroxylation is 2. The Morgan fingerprint density at radius 1 is 1.20 bits per heavy atom. The standard InChI is InChI=1S/C20H24N2O3/c1-13-7-8-16-15(10-19(23)25-20(16)14(13)2)11-21-12-17(22(3)4)18-6-5-9-24-18/h5-10,17,21H,11-12H2,1-4H3/t17-/m1/s1. The SMILES string of the molecule is Cc1ccc2c(CNC[C@H](c3ccco3)N(C)C)cc(=O)oc2c1C. The first-order valence-electron chi connectivity index (χ1n) is 8.41. The van der Waals surface area contributed by atoms with E-state index in [9.17, 15) is 4.79 Å². The molecule has 3 aromatic rings. The monoisotopic (exact) mass is 340 g/mol. The molecule has 0 bridgehead atoms. The van der Waals surface area contributed by atoms with Crippen LogP contribution in [-0.2, 0) is 6.54 Å². The fourth-order valence-electron chi connectivity index (χ4n) is 3.03. The summed E-state index contributed by atoms with van der Waals surface area (Å²) in [5.41, 5.74) is 3.45. The summed E-state index contributed by atoms with van der Waals surface area (Å²) < 4.78 is 11.0. The number of fused-ring (bicyclic) bond motifs is 1. The molecule has 5 nitrogen and oxygen atoms in total. The summed E-state index contributed by atoms with van der Waals surface area (Å²) >= 11 is 0. The summed E-state index contributed by atoms with van der Waals surface area (Å²) in [6, 6.07) is 9.66. The second-order valence-electron chi connectivity index (χ2n) is 6.60. The zero-order chi connectivity index (χ0) is 18.0. The van der Waals surface area contributed by atoms with E-state index in [0.29, 0.717) is 18.7 Å². The van der Waals surface area contributed by atoms with Gasteiger partial charge in [0.15, 0.2) is 0 Å². The molecule has 1 atom stereocenters. The van der Waals surface area contributed by atoms with Crippen LogP contribution in [0.1, 0.15) is 28.5 Å². The number of hydrogen-bond donors (Lipinski definition) is 1. The van der Waals surface area contributed by atoms with Gasteiger partial charge in [0.25, 0.3) is 0 Å². The van der Waals surface area contributed by atoms with Crippen LogP contribution < -0.4 is 10.9 Å². The molecule has 0 aliphatic carbocycles. The lowest BCUT2D eigenvalue weighted by molar-refractivity contribution is 0.250. The Labute approximate surface area is 147 Å². The van der Waals surface area contributed by atoms with E-state index >= 15 is 0 Å². The van der Waals surface area contributed by atoms with E-state index in [-0.39, 0.29) is 11.7 Å². The third-order valence-corrected chi connectivity index (χ3v) is 4.67. The number of benzene rings is 1. The molecule has 0 amide bonds. The van der Waals surface area contributed by atoms with Gasteiger partial charge in [-0.15, -0.1) is 0 Å². The molecule has 0 fully saturated rings. The maximum atomic E-state index is 11.9. The molecule has 0 unspecified atom stereocenters. The van der Waals surface area contributed by atoms with Crippen molar-refractivity contribution in [3.05, 3.63) is 69.5 Å². The Bertz CT molecular complexity index is 911. The van der Waals surface area contributed by atoms with Crippen molar-refractivity contribution in [3.8, 4) is 0 Å². The Balaban J connectivity index is 1.81. The number of hydrogen-bond acceptors (Lipinski definition) is 5. The van der Waals surface area contributed by atoms with Gasteiger partial charge in [-0.05, 0) is 56.8 Å². The first-order valence-corrected chi connectivity index (χ1v) is 8.41. The maximum absolute atomic E-state index is 11.9.